The number of hydrogen-bond donors (Lipinski definition) is 2. The van der Waals surface area contributed by atoms with Crippen molar-refractivity contribution in [3.63, 3.8) is 0 Å². The first-order valence-corrected chi connectivity index (χ1v) is 10.7. The summed E-state index contributed by atoms with van der Waals surface area (Å²) in [6, 6.07) is 10.0. The van der Waals surface area contributed by atoms with E-state index >= 15 is 0 Å². The van der Waals surface area contributed by atoms with Gasteiger partial charge in [0.25, 0.3) is 5.69 Å². The fourth-order valence-corrected chi connectivity index (χ4v) is 4.55. The molecule has 30 heavy (non-hydrogen) atoms. The molecule has 160 valence electrons. The first-order valence-electron chi connectivity index (χ1n) is 9.31. The number of hydrogen-bond acceptors (Lipinski definition) is 8. The summed E-state index contributed by atoms with van der Waals surface area (Å²) < 4.78 is 32.7. The van der Waals surface area contributed by atoms with Crippen LogP contribution < -0.4 is 5.43 Å². The van der Waals surface area contributed by atoms with Gasteiger partial charge in [0.1, 0.15) is 10.6 Å². The van der Waals surface area contributed by atoms with Gasteiger partial charge in [-0.1, -0.05) is 6.92 Å². The molecule has 0 spiro atoms. The molecule has 0 radical (unpaired) electrons. The van der Waals surface area contributed by atoms with Gasteiger partial charge in [0.2, 0.25) is 10.0 Å². The fourth-order valence-electron chi connectivity index (χ4n) is 2.99. The van der Waals surface area contributed by atoms with E-state index in [9.17, 15) is 23.6 Å². The fraction of sp³-hybridized carbons (Fsp3) is 0.316. The number of anilines is 1. The molecule has 1 saturated heterocycles. The van der Waals surface area contributed by atoms with Crippen molar-refractivity contribution in [3.05, 3.63) is 58.1 Å². The zero-order valence-corrected chi connectivity index (χ0v) is 17.1. The van der Waals surface area contributed by atoms with Crippen LogP contribution in [0.25, 0.3) is 0 Å². The van der Waals surface area contributed by atoms with Crippen LogP contribution in [0, 0.1) is 10.1 Å². The number of nitro groups is 1. The molecular weight excluding hydrogens is 412 g/mol. The van der Waals surface area contributed by atoms with E-state index in [-0.39, 0.29) is 48.3 Å². The van der Waals surface area contributed by atoms with Gasteiger partial charge in [0, 0.05) is 25.2 Å². The van der Waals surface area contributed by atoms with Crippen molar-refractivity contribution in [2.24, 2.45) is 5.10 Å². The third-order valence-corrected chi connectivity index (χ3v) is 6.55. The minimum absolute atomic E-state index is 0.122. The van der Waals surface area contributed by atoms with Crippen molar-refractivity contribution in [2.45, 2.75) is 18.2 Å². The Hall–Kier alpha value is -3.02. The van der Waals surface area contributed by atoms with Gasteiger partial charge >= 0.3 is 0 Å². The molecule has 0 aromatic heterocycles. The maximum atomic E-state index is 13.1. The molecule has 0 atom stereocenters. The third-order valence-electron chi connectivity index (χ3n) is 4.61. The smallest absolute Gasteiger partial charge is 0.270 e. The van der Waals surface area contributed by atoms with Crippen LogP contribution >= 0.6 is 0 Å². The minimum Gasteiger partial charge on any atom is -0.508 e. The van der Waals surface area contributed by atoms with Crippen LogP contribution in [0.2, 0.25) is 0 Å². The molecule has 2 aromatic rings. The maximum absolute atomic E-state index is 13.1. The summed E-state index contributed by atoms with van der Waals surface area (Å²) in [6.07, 6.45) is 0.538. The van der Waals surface area contributed by atoms with Crippen molar-refractivity contribution in [1.82, 2.24) is 4.31 Å². The van der Waals surface area contributed by atoms with Gasteiger partial charge in [0.05, 0.1) is 29.5 Å². The Morgan fingerprint density at radius 3 is 2.50 bits per heavy atom. The zero-order valence-electron chi connectivity index (χ0n) is 16.3. The monoisotopic (exact) mass is 434 g/mol. The Bertz CT molecular complexity index is 1050. The molecule has 0 aliphatic carbocycles. The molecule has 1 heterocycles. The molecule has 1 fully saturated rings. The lowest BCUT2D eigenvalue weighted by Gasteiger charge is -2.26. The second-order valence-electron chi connectivity index (χ2n) is 6.52. The van der Waals surface area contributed by atoms with Gasteiger partial charge in [-0.2, -0.15) is 9.41 Å². The van der Waals surface area contributed by atoms with E-state index in [1.165, 1.54) is 28.6 Å². The Kier molecular flexibility index (Phi) is 6.65. The van der Waals surface area contributed by atoms with E-state index in [2.05, 4.69) is 10.5 Å². The zero-order chi connectivity index (χ0) is 21.7. The van der Waals surface area contributed by atoms with E-state index in [0.29, 0.717) is 12.1 Å². The van der Waals surface area contributed by atoms with E-state index in [4.69, 9.17) is 4.74 Å². The number of nitrogens with one attached hydrogen (secondary N) is 1. The number of nitrogens with zero attached hydrogens (tertiary/aromatic N) is 3. The molecule has 10 nitrogen and oxygen atoms in total. The van der Waals surface area contributed by atoms with Crippen molar-refractivity contribution in [1.29, 1.82) is 0 Å². The quantitative estimate of drug-likeness (QED) is 0.388. The summed E-state index contributed by atoms with van der Waals surface area (Å²) in [4.78, 5) is 10.3. The summed E-state index contributed by atoms with van der Waals surface area (Å²) in [7, 11) is -3.99. The molecule has 2 aromatic carbocycles. The second kappa shape index (κ2) is 9.20. The van der Waals surface area contributed by atoms with Crippen LogP contribution in [0.15, 0.2) is 52.5 Å². The van der Waals surface area contributed by atoms with E-state index in [0.717, 1.165) is 11.6 Å². The summed E-state index contributed by atoms with van der Waals surface area (Å²) >= 11 is 0. The van der Waals surface area contributed by atoms with Crippen LogP contribution in [-0.2, 0) is 14.8 Å². The number of rotatable bonds is 7. The van der Waals surface area contributed by atoms with Crippen molar-refractivity contribution in [2.75, 3.05) is 31.7 Å². The second-order valence-corrected chi connectivity index (χ2v) is 8.43. The number of phenolic OH excluding ortho intramolecular Hbond substituents is 1. The van der Waals surface area contributed by atoms with Crippen LogP contribution in [0.1, 0.15) is 18.9 Å². The highest BCUT2D eigenvalue weighted by molar-refractivity contribution is 7.89. The SMILES string of the molecule is CC/C(=N/Nc1ccc([N+](=O)[O-])cc1S(=O)(=O)N1CCOCC1)c1ccc(O)cc1. The molecule has 1 aliphatic heterocycles. The third kappa shape index (κ3) is 4.75. The average molecular weight is 434 g/mol. The normalized spacial score (nSPS) is 15.7. The number of non-ortho nitro benzene ring substituents is 1. The Morgan fingerprint density at radius 2 is 1.90 bits per heavy atom. The summed E-state index contributed by atoms with van der Waals surface area (Å²) in [6.45, 7) is 2.74. The van der Waals surface area contributed by atoms with Gasteiger partial charge in [-0.25, -0.2) is 8.42 Å². The maximum Gasteiger partial charge on any atom is 0.270 e. The highest BCUT2D eigenvalue weighted by Crippen LogP contribution is 2.29. The van der Waals surface area contributed by atoms with Gasteiger partial charge in [-0.05, 0) is 42.3 Å². The number of hydrazone groups is 1. The first kappa shape index (κ1) is 21.7. The molecule has 1 aliphatic rings. The lowest BCUT2D eigenvalue weighted by atomic mass is 10.1. The largest absolute Gasteiger partial charge is 0.508 e. The topological polar surface area (TPSA) is 134 Å². The van der Waals surface area contributed by atoms with Gasteiger partial charge in [0.15, 0.2) is 0 Å². The first-order chi connectivity index (χ1) is 14.3. The summed E-state index contributed by atoms with van der Waals surface area (Å²) in [5.41, 5.74) is 3.94. The lowest BCUT2D eigenvalue weighted by molar-refractivity contribution is -0.385. The van der Waals surface area contributed by atoms with Crippen molar-refractivity contribution < 1.29 is 23.2 Å². The Balaban J connectivity index is 1.99. The average Bonchev–Trinajstić information content (AvgIpc) is 2.75. The molecule has 11 heteroatoms. The minimum atomic E-state index is -3.99. The number of morpholine rings is 1. The van der Waals surface area contributed by atoms with Gasteiger partial charge in [-0.15, -0.1) is 0 Å². The predicted octanol–water partition coefficient (Wildman–Crippen LogP) is 2.55. The highest BCUT2D eigenvalue weighted by Gasteiger charge is 2.30. The highest BCUT2D eigenvalue weighted by atomic mass is 32.2. The van der Waals surface area contributed by atoms with Crippen LogP contribution in [0.5, 0.6) is 5.75 Å². The van der Waals surface area contributed by atoms with Crippen molar-refractivity contribution >= 4 is 27.1 Å². The van der Waals surface area contributed by atoms with Gasteiger partial charge in [-0.3, -0.25) is 15.5 Å². The van der Waals surface area contributed by atoms with Crippen LogP contribution in [-0.4, -0.2) is 54.8 Å². The van der Waals surface area contributed by atoms with Gasteiger partial charge < -0.3 is 9.84 Å². The number of phenols is 1. The molecule has 0 bridgehead atoms. The lowest BCUT2D eigenvalue weighted by Crippen LogP contribution is -2.40. The molecule has 0 amide bonds. The summed E-state index contributed by atoms with van der Waals surface area (Å²) in [5, 5.41) is 25.0. The van der Waals surface area contributed by atoms with E-state index < -0.39 is 14.9 Å². The Morgan fingerprint density at radius 1 is 1.23 bits per heavy atom. The molecule has 2 N–H and O–H groups in total. The molecular formula is C19H22N4O6S. The molecule has 0 unspecified atom stereocenters. The summed E-state index contributed by atoms with van der Waals surface area (Å²) in [5.74, 6) is 0.122. The Labute approximate surface area is 174 Å². The standard InChI is InChI=1S/C19H22N4O6S/c1-2-17(14-3-6-16(24)7-4-14)20-21-18-8-5-15(23(25)26)13-19(18)30(27,28)22-9-11-29-12-10-22/h3-8,13,21,24H,2,9-12H2,1H3/b20-17-. The van der Waals surface area contributed by atoms with Crippen LogP contribution in [0.3, 0.4) is 0 Å². The number of nitro benzene ring substituents is 1. The van der Waals surface area contributed by atoms with E-state index in [1.807, 2.05) is 6.92 Å². The van der Waals surface area contributed by atoms with E-state index in [1.54, 1.807) is 12.1 Å². The predicted molar refractivity (Wildman–Crippen MR) is 111 cm³/mol. The number of ether oxygens (including phenoxy) is 1. The number of benzene rings is 2. The molecule has 3 rings (SSSR count). The van der Waals surface area contributed by atoms with Crippen molar-refractivity contribution in [3.8, 4) is 5.75 Å². The number of aromatic hydroxyl groups is 1. The molecule has 0 saturated carbocycles. The van der Waals surface area contributed by atoms with Crippen LogP contribution in [0.4, 0.5) is 11.4 Å². The number of sulfonamides is 1.